The van der Waals surface area contributed by atoms with Gasteiger partial charge in [0.15, 0.2) is 11.8 Å². The second-order valence-corrected chi connectivity index (χ2v) is 16.4. The molecule has 0 bridgehead atoms. The maximum Gasteiger partial charge on any atom is 0.407 e. The zero-order chi connectivity index (χ0) is 43.4. The number of H-pyrrole nitrogens is 1. The van der Waals surface area contributed by atoms with Gasteiger partial charge in [0.2, 0.25) is 17.7 Å². The van der Waals surface area contributed by atoms with Crippen molar-refractivity contribution in [3.05, 3.63) is 41.7 Å². The van der Waals surface area contributed by atoms with Crippen LogP contribution in [0, 0.1) is 17.8 Å². The molecule has 18 heteroatoms. The van der Waals surface area contributed by atoms with Crippen LogP contribution in [0.15, 0.2) is 35.3 Å². The molecule has 2 aliphatic heterocycles. The molecular formula is C41H67N11O7. The Morgan fingerprint density at radius 1 is 0.983 bits per heavy atom. The van der Waals surface area contributed by atoms with Crippen molar-refractivity contribution in [2.45, 2.75) is 103 Å². The third kappa shape index (κ3) is 11.9. The number of nitrogens with zero attached hydrogens (tertiary/aromatic N) is 9. The molecule has 59 heavy (non-hydrogen) atoms. The van der Waals surface area contributed by atoms with Gasteiger partial charge in [-0.1, -0.05) is 76.6 Å². The van der Waals surface area contributed by atoms with Crippen LogP contribution in [-0.4, -0.2) is 178 Å². The standard InChI is InChI=1S/C41H67N11O7/c1-11-27(4)35(49(8)39(55)34(26(2)3)43-40(48(6)7)50-20-22-51(23-21-50)41(56)57)32(58-9)25-33(53)52-19-15-18-31(52)36(59-10)28(5)38(54)42-30(37-44-46-47-45-37)24-29-16-13-12-14-17-29/h12-14,16-17,26-28,30-32,34-36H,11,15,18-25H2,1-10H3,(H,42,54)(H,56,57)(H,44,45,46,47)/b43-40+/t27-,28+,30-,31-,32+,34-,35-,36+/m0/s1. The molecule has 2 aromatic rings. The van der Waals surface area contributed by atoms with Gasteiger partial charge in [-0.3, -0.25) is 14.4 Å². The number of methoxy groups -OCH3 is 2. The summed E-state index contributed by atoms with van der Waals surface area (Å²) in [6.45, 7) is 12.0. The van der Waals surface area contributed by atoms with Crippen LogP contribution in [0.4, 0.5) is 4.79 Å². The van der Waals surface area contributed by atoms with Gasteiger partial charge >= 0.3 is 6.09 Å². The van der Waals surface area contributed by atoms with Crippen LogP contribution >= 0.6 is 0 Å². The number of benzene rings is 1. The molecule has 1 aromatic carbocycles. The summed E-state index contributed by atoms with van der Waals surface area (Å²) in [7, 11) is 8.65. The van der Waals surface area contributed by atoms with E-state index in [1.54, 1.807) is 26.2 Å². The van der Waals surface area contributed by atoms with Gasteiger partial charge in [-0.05, 0) is 30.2 Å². The number of rotatable bonds is 18. The fourth-order valence-electron chi connectivity index (χ4n) is 8.38. The van der Waals surface area contributed by atoms with Gasteiger partial charge in [0.05, 0.1) is 42.7 Å². The molecule has 4 amide bonds. The first kappa shape index (κ1) is 46.8. The van der Waals surface area contributed by atoms with Crippen molar-refractivity contribution >= 4 is 29.8 Å². The lowest BCUT2D eigenvalue weighted by atomic mass is 9.89. The average Bonchev–Trinajstić information content (AvgIpc) is 3.94. The number of aromatic nitrogens is 4. The second-order valence-electron chi connectivity index (χ2n) is 16.4. The Labute approximate surface area is 349 Å². The van der Waals surface area contributed by atoms with E-state index in [0.717, 1.165) is 18.4 Å². The SMILES string of the molecule is CC[C@H](C)[C@@H]([C@@H](CC(=O)N1CCC[C@H]1[C@H](OC)[C@@H](C)C(=O)N[C@@H](Cc1ccccc1)c1nn[nH]n1)OC)N(C)C(=O)[C@@H](/N=C(\N(C)C)N1CCN(C(=O)O)CC1)C(C)C. The van der Waals surface area contributed by atoms with E-state index in [0.29, 0.717) is 57.3 Å². The molecule has 4 rings (SSSR count). The molecule has 2 saturated heterocycles. The molecule has 3 N–H and O–H groups in total. The molecule has 18 nitrogen and oxygen atoms in total. The largest absolute Gasteiger partial charge is 0.465 e. The summed E-state index contributed by atoms with van der Waals surface area (Å²) in [5.41, 5.74) is 1.00. The quantitative estimate of drug-likeness (QED) is 0.147. The number of tetrazole rings is 1. The normalized spacial score (nSPS) is 19.7. The number of carbonyl (C=O) groups is 4. The van der Waals surface area contributed by atoms with Crippen molar-refractivity contribution in [3.8, 4) is 0 Å². The van der Waals surface area contributed by atoms with E-state index in [-0.39, 0.29) is 42.0 Å². The minimum Gasteiger partial charge on any atom is -0.465 e. The Kier molecular flexibility index (Phi) is 17.4. The van der Waals surface area contributed by atoms with Gasteiger partial charge in [-0.2, -0.15) is 5.21 Å². The van der Waals surface area contributed by atoms with E-state index in [2.05, 4.69) is 39.8 Å². The summed E-state index contributed by atoms with van der Waals surface area (Å²) >= 11 is 0. The van der Waals surface area contributed by atoms with Gasteiger partial charge in [-0.25, -0.2) is 9.79 Å². The minimum atomic E-state index is -0.950. The van der Waals surface area contributed by atoms with E-state index < -0.39 is 42.3 Å². The molecule has 3 heterocycles. The van der Waals surface area contributed by atoms with Crippen LogP contribution < -0.4 is 5.32 Å². The molecule has 0 radical (unpaired) electrons. The van der Waals surface area contributed by atoms with Crippen LogP contribution in [0.25, 0.3) is 0 Å². The van der Waals surface area contributed by atoms with Crippen molar-refractivity contribution in [2.24, 2.45) is 22.7 Å². The lowest BCUT2D eigenvalue weighted by Crippen LogP contribution is -2.56. The maximum absolute atomic E-state index is 14.5. The summed E-state index contributed by atoms with van der Waals surface area (Å²) in [4.78, 5) is 68.2. The highest BCUT2D eigenvalue weighted by atomic mass is 16.5. The molecule has 0 spiro atoms. The first-order chi connectivity index (χ1) is 28.1. The topological polar surface area (TPSA) is 202 Å². The van der Waals surface area contributed by atoms with E-state index in [1.165, 1.54) is 4.90 Å². The Bertz CT molecular complexity index is 1670. The number of amides is 4. The number of carbonyl (C=O) groups excluding carboxylic acids is 3. The Morgan fingerprint density at radius 2 is 1.64 bits per heavy atom. The Morgan fingerprint density at radius 3 is 2.19 bits per heavy atom. The molecule has 0 unspecified atom stereocenters. The number of carboxylic acid groups (broad SMARTS) is 1. The number of ether oxygens (including phenoxy) is 2. The number of likely N-dealkylation sites (N-methyl/N-ethyl adjacent to an activating group) is 1. The van der Waals surface area contributed by atoms with Crippen LogP contribution in [0.2, 0.25) is 0 Å². The molecule has 0 saturated carbocycles. The minimum absolute atomic E-state index is 0.0243. The lowest BCUT2D eigenvalue weighted by Gasteiger charge is -2.41. The third-order valence-electron chi connectivity index (χ3n) is 11.9. The van der Waals surface area contributed by atoms with E-state index in [1.807, 2.05) is 79.9 Å². The summed E-state index contributed by atoms with van der Waals surface area (Å²) in [5.74, 6) is -0.395. The monoisotopic (exact) mass is 826 g/mol. The molecule has 2 fully saturated rings. The summed E-state index contributed by atoms with van der Waals surface area (Å²) in [6, 6.07) is 7.68. The van der Waals surface area contributed by atoms with E-state index >= 15 is 0 Å². The second kappa shape index (κ2) is 22.0. The maximum atomic E-state index is 14.5. The summed E-state index contributed by atoms with van der Waals surface area (Å²) in [6.07, 6.45) is 0.474. The van der Waals surface area contributed by atoms with Crippen molar-refractivity contribution in [2.75, 3.05) is 68.1 Å². The smallest absolute Gasteiger partial charge is 0.407 e. The van der Waals surface area contributed by atoms with E-state index in [9.17, 15) is 24.3 Å². The fourth-order valence-corrected chi connectivity index (χ4v) is 8.38. The van der Waals surface area contributed by atoms with Crippen molar-refractivity contribution in [3.63, 3.8) is 0 Å². The van der Waals surface area contributed by atoms with Gasteiger partial charge in [0, 0.05) is 74.5 Å². The number of aliphatic imine (C=N–C) groups is 1. The van der Waals surface area contributed by atoms with Gasteiger partial charge < -0.3 is 44.4 Å². The van der Waals surface area contributed by atoms with Crippen LogP contribution in [-0.2, 0) is 30.3 Å². The van der Waals surface area contributed by atoms with Gasteiger partial charge in [-0.15, -0.1) is 10.2 Å². The number of likely N-dealkylation sites (tertiary alicyclic amines) is 1. The van der Waals surface area contributed by atoms with E-state index in [4.69, 9.17) is 14.5 Å². The fraction of sp³-hybridized carbons (Fsp3) is 0.707. The lowest BCUT2D eigenvalue weighted by molar-refractivity contribution is -0.146. The molecule has 8 atom stereocenters. The van der Waals surface area contributed by atoms with Crippen molar-refractivity contribution < 1.29 is 33.8 Å². The van der Waals surface area contributed by atoms with Crippen LogP contribution in [0.1, 0.15) is 77.7 Å². The zero-order valence-corrected chi connectivity index (χ0v) is 36.6. The third-order valence-corrected chi connectivity index (χ3v) is 11.9. The zero-order valence-electron chi connectivity index (χ0n) is 36.6. The molecule has 0 aliphatic carbocycles. The number of hydrogen-bond acceptors (Lipinski definition) is 10. The summed E-state index contributed by atoms with van der Waals surface area (Å²) in [5, 5.41) is 27.0. The Balaban J connectivity index is 1.51. The predicted molar refractivity (Wildman–Crippen MR) is 222 cm³/mol. The highest BCUT2D eigenvalue weighted by molar-refractivity contribution is 5.88. The van der Waals surface area contributed by atoms with Crippen LogP contribution in [0.3, 0.4) is 0 Å². The van der Waals surface area contributed by atoms with Crippen LogP contribution in [0.5, 0.6) is 0 Å². The number of nitrogens with one attached hydrogen (secondary N) is 2. The first-order valence-corrected chi connectivity index (χ1v) is 20.8. The molecule has 1 aromatic heterocycles. The highest BCUT2D eigenvalue weighted by Gasteiger charge is 2.43. The first-order valence-electron chi connectivity index (χ1n) is 20.8. The highest BCUT2D eigenvalue weighted by Crippen LogP contribution is 2.30. The molecule has 328 valence electrons. The predicted octanol–water partition coefficient (Wildman–Crippen LogP) is 2.76. The van der Waals surface area contributed by atoms with Crippen molar-refractivity contribution in [1.82, 2.24) is 50.4 Å². The van der Waals surface area contributed by atoms with Crippen molar-refractivity contribution in [1.29, 1.82) is 0 Å². The number of piperazine rings is 1. The van der Waals surface area contributed by atoms with Gasteiger partial charge in [0.1, 0.15) is 6.04 Å². The van der Waals surface area contributed by atoms with Gasteiger partial charge in [0.25, 0.3) is 0 Å². The number of hydrogen-bond donors (Lipinski definition) is 3. The number of guanidine groups is 1. The average molecular weight is 826 g/mol. The number of aromatic amines is 1. The molecular weight excluding hydrogens is 759 g/mol. The molecule has 2 aliphatic rings. The Hall–Kier alpha value is -4.84. The summed E-state index contributed by atoms with van der Waals surface area (Å²) < 4.78 is 12.1.